The third-order valence-corrected chi connectivity index (χ3v) is 6.01. The number of aromatic nitrogens is 3. The highest BCUT2D eigenvalue weighted by Crippen LogP contribution is 2.18. The number of sulfonamides is 1. The Balaban J connectivity index is 1.31. The molecular weight excluding hydrogens is 463 g/mol. The van der Waals surface area contributed by atoms with Crippen LogP contribution in [0.25, 0.3) is 11.4 Å². The lowest BCUT2D eigenvalue weighted by Crippen LogP contribution is -2.14. The summed E-state index contributed by atoms with van der Waals surface area (Å²) in [7, 11) is -3.98. The van der Waals surface area contributed by atoms with Gasteiger partial charge in [-0.15, -0.1) is 0 Å². The molecule has 11 heteroatoms. The molecule has 4 rings (SSSR count). The summed E-state index contributed by atoms with van der Waals surface area (Å²) in [6.45, 7) is 0.0776. The molecule has 0 saturated carbocycles. The summed E-state index contributed by atoms with van der Waals surface area (Å²) in [5, 5.41) is 3.90. The Morgan fingerprint density at radius 2 is 1.91 bits per heavy atom. The predicted molar refractivity (Wildman–Crippen MR) is 120 cm³/mol. The van der Waals surface area contributed by atoms with Gasteiger partial charge in [0.2, 0.25) is 11.7 Å². The van der Waals surface area contributed by atoms with E-state index in [9.17, 15) is 17.6 Å². The molecule has 4 aromatic rings. The molecule has 2 heterocycles. The Bertz CT molecular complexity index is 1380. The number of pyridine rings is 1. The Labute approximate surface area is 194 Å². The Morgan fingerprint density at radius 3 is 2.68 bits per heavy atom. The van der Waals surface area contributed by atoms with Crippen LogP contribution in [0.15, 0.2) is 82.5 Å². The number of carbonyl (C=O) groups excluding carboxylic acids is 1. The second-order valence-corrected chi connectivity index (χ2v) is 8.82. The van der Waals surface area contributed by atoms with Gasteiger partial charge >= 0.3 is 5.97 Å². The van der Waals surface area contributed by atoms with E-state index in [0.717, 1.165) is 17.7 Å². The van der Waals surface area contributed by atoms with Gasteiger partial charge < -0.3 is 9.26 Å². The number of hydrogen-bond acceptors (Lipinski definition) is 8. The number of esters is 1. The van der Waals surface area contributed by atoms with Crippen molar-refractivity contribution in [3.63, 3.8) is 0 Å². The lowest BCUT2D eigenvalue weighted by molar-refractivity contribution is 0.0498. The van der Waals surface area contributed by atoms with Gasteiger partial charge in [0, 0.05) is 30.1 Å². The van der Waals surface area contributed by atoms with Gasteiger partial charge in [-0.25, -0.2) is 17.6 Å². The monoisotopic (exact) mass is 482 g/mol. The average Bonchev–Trinajstić information content (AvgIpc) is 3.33. The third kappa shape index (κ3) is 5.81. The van der Waals surface area contributed by atoms with Crippen LogP contribution in [0, 0.1) is 5.82 Å². The first kappa shape index (κ1) is 23.1. The molecule has 0 saturated heterocycles. The normalized spacial score (nSPS) is 11.2. The Hall–Kier alpha value is -4.12. The fourth-order valence-electron chi connectivity index (χ4n) is 2.96. The first-order valence-corrected chi connectivity index (χ1v) is 11.7. The zero-order valence-electron chi connectivity index (χ0n) is 17.7. The van der Waals surface area contributed by atoms with Crippen LogP contribution in [-0.4, -0.2) is 36.1 Å². The molecule has 0 fully saturated rings. The smallest absolute Gasteiger partial charge is 0.338 e. The fourth-order valence-corrected chi connectivity index (χ4v) is 4.07. The molecule has 0 spiro atoms. The van der Waals surface area contributed by atoms with Crippen molar-refractivity contribution >= 4 is 21.7 Å². The van der Waals surface area contributed by atoms with Crippen molar-refractivity contribution in [3.8, 4) is 11.4 Å². The largest absolute Gasteiger partial charge is 0.462 e. The molecule has 0 aliphatic rings. The van der Waals surface area contributed by atoms with E-state index in [1.54, 1.807) is 18.5 Å². The quantitative estimate of drug-likeness (QED) is 0.282. The molecule has 0 unspecified atom stereocenters. The third-order valence-electron chi connectivity index (χ3n) is 4.63. The first-order valence-electron chi connectivity index (χ1n) is 10.2. The van der Waals surface area contributed by atoms with Crippen molar-refractivity contribution in [2.24, 2.45) is 0 Å². The van der Waals surface area contributed by atoms with E-state index in [-0.39, 0.29) is 22.8 Å². The van der Waals surface area contributed by atoms with E-state index in [0.29, 0.717) is 24.6 Å². The summed E-state index contributed by atoms with van der Waals surface area (Å²) in [6.07, 6.45) is 4.10. The van der Waals surface area contributed by atoms with E-state index in [1.165, 1.54) is 36.4 Å². The summed E-state index contributed by atoms with van der Waals surface area (Å²) < 4.78 is 51.0. The summed E-state index contributed by atoms with van der Waals surface area (Å²) in [5.41, 5.74) is 1.01. The van der Waals surface area contributed by atoms with Crippen molar-refractivity contribution in [2.75, 3.05) is 11.3 Å². The number of benzene rings is 2. The first-order chi connectivity index (χ1) is 16.4. The molecule has 0 bridgehead atoms. The van der Waals surface area contributed by atoms with Crippen molar-refractivity contribution < 1.29 is 26.9 Å². The number of aryl methyl sites for hydroxylation is 1. The van der Waals surface area contributed by atoms with Gasteiger partial charge in [-0.3, -0.25) is 9.71 Å². The topological polar surface area (TPSA) is 124 Å². The van der Waals surface area contributed by atoms with E-state index in [1.807, 2.05) is 6.07 Å². The van der Waals surface area contributed by atoms with E-state index in [2.05, 4.69) is 19.8 Å². The highest BCUT2D eigenvalue weighted by molar-refractivity contribution is 7.92. The molecule has 0 amide bonds. The molecule has 1 N–H and O–H groups in total. The van der Waals surface area contributed by atoms with Gasteiger partial charge in [-0.1, -0.05) is 11.2 Å². The Kier molecular flexibility index (Phi) is 6.93. The lowest BCUT2D eigenvalue weighted by Gasteiger charge is -2.09. The standard InChI is InChI=1S/C23H19FN4O5S/c24-18-8-10-19(11-9-18)28-34(30,31)20-6-1-4-16(14-20)23(29)32-13-3-7-21-26-22(27-33-21)17-5-2-12-25-15-17/h1-2,4-6,8-12,14-15,28H,3,7,13H2. The minimum atomic E-state index is -3.98. The molecule has 174 valence electrons. The second-order valence-electron chi connectivity index (χ2n) is 7.13. The van der Waals surface area contributed by atoms with Gasteiger partial charge in [0.25, 0.3) is 10.0 Å². The summed E-state index contributed by atoms with van der Waals surface area (Å²) >= 11 is 0. The fraction of sp³-hybridized carbons (Fsp3) is 0.130. The number of ether oxygens (including phenoxy) is 1. The van der Waals surface area contributed by atoms with Crippen LogP contribution in [0.4, 0.5) is 10.1 Å². The van der Waals surface area contributed by atoms with Crippen molar-refractivity contribution in [1.82, 2.24) is 15.1 Å². The van der Waals surface area contributed by atoms with Gasteiger partial charge in [-0.2, -0.15) is 4.98 Å². The number of nitrogens with zero attached hydrogens (tertiary/aromatic N) is 3. The maximum absolute atomic E-state index is 13.0. The lowest BCUT2D eigenvalue weighted by atomic mass is 10.2. The van der Waals surface area contributed by atoms with Crippen molar-refractivity contribution in [1.29, 1.82) is 0 Å². The minimum absolute atomic E-state index is 0.0776. The maximum Gasteiger partial charge on any atom is 0.338 e. The van der Waals surface area contributed by atoms with Crippen LogP contribution < -0.4 is 4.72 Å². The van der Waals surface area contributed by atoms with Gasteiger partial charge in [-0.05, 0) is 61.0 Å². The Morgan fingerprint density at radius 1 is 1.09 bits per heavy atom. The summed E-state index contributed by atoms with van der Waals surface area (Å²) in [5.74, 6) is -0.330. The molecule has 0 aliphatic heterocycles. The zero-order chi connectivity index (χ0) is 24.0. The SMILES string of the molecule is O=C(OCCCc1nc(-c2cccnc2)no1)c1cccc(S(=O)(=O)Nc2ccc(F)cc2)c1. The maximum atomic E-state index is 13.0. The second kappa shape index (κ2) is 10.2. The van der Waals surface area contributed by atoms with Gasteiger partial charge in [0.05, 0.1) is 17.1 Å². The van der Waals surface area contributed by atoms with Gasteiger partial charge in [0.15, 0.2) is 0 Å². The number of carbonyl (C=O) groups is 1. The van der Waals surface area contributed by atoms with E-state index in [4.69, 9.17) is 9.26 Å². The van der Waals surface area contributed by atoms with Gasteiger partial charge in [0.1, 0.15) is 5.82 Å². The summed E-state index contributed by atoms with van der Waals surface area (Å²) in [4.78, 5) is 20.5. The molecule has 9 nitrogen and oxygen atoms in total. The van der Waals surface area contributed by atoms with Crippen LogP contribution >= 0.6 is 0 Å². The van der Waals surface area contributed by atoms with E-state index < -0.39 is 21.8 Å². The molecule has 2 aromatic carbocycles. The van der Waals surface area contributed by atoms with Crippen LogP contribution in [0.3, 0.4) is 0 Å². The number of halogens is 1. The molecule has 0 radical (unpaired) electrons. The highest BCUT2D eigenvalue weighted by atomic mass is 32.2. The van der Waals surface area contributed by atoms with Crippen LogP contribution in [0.1, 0.15) is 22.7 Å². The average molecular weight is 482 g/mol. The van der Waals surface area contributed by atoms with Crippen molar-refractivity contribution in [3.05, 3.63) is 90.3 Å². The van der Waals surface area contributed by atoms with E-state index >= 15 is 0 Å². The zero-order valence-corrected chi connectivity index (χ0v) is 18.5. The minimum Gasteiger partial charge on any atom is -0.462 e. The molecular formula is C23H19FN4O5S. The van der Waals surface area contributed by atoms with Crippen LogP contribution in [0.5, 0.6) is 0 Å². The number of hydrogen-bond donors (Lipinski definition) is 1. The number of rotatable bonds is 9. The number of anilines is 1. The van der Waals surface area contributed by atoms with Crippen molar-refractivity contribution in [2.45, 2.75) is 17.7 Å². The van der Waals surface area contributed by atoms with Crippen LogP contribution in [0.2, 0.25) is 0 Å². The highest BCUT2D eigenvalue weighted by Gasteiger charge is 2.17. The predicted octanol–water partition coefficient (Wildman–Crippen LogP) is 3.86. The molecule has 34 heavy (non-hydrogen) atoms. The molecule has 0 aliphatic carbocycles. The summed E-state index contributed by atoms with van der Waals surface area (Å²) in [6, 6.07) is 13.9. The number of nitrogens with one attached hydrogen (secondary N) is 1. The molecule has 0 atom stereocenters. The van der Waals surface area contributed by atoms with Crippen LogP contribution in [-0.2, 0) is 21.2 Å². The molecule has 2 aromatic heterocycles.